The minimum Gasteiger partial charge on any atom is -0.299 e. The first-order valence-electron chi connectivity index (χ1n) is 3.66. The second-order valence-electron chi connectivity index (χ2n) is 3.51. The molecule has 2 heteroatoms. The van der Waals surface area contributed by atoms with E-state index in [1.54, 1.807) is 0 Å². The Labute approximate surface area is 102 Å². The molecule has 80 valence electrons. The average molecular weight is 293 g/mol. The Morgan fingerprint density at radius 1 is 1.08 bits per heavy atom. The van der Waals surface area contributed by atoms with Crippen molar-refractivity contribution in [3.05, 3.63) is 0 Å². The summed E-state index contributed by atoms with van der Waals surface area (Å²) in [5.41, 5.74) is -0.00174. The molecule has 0 heterocycles. The van der Waals surface area contributed by atoms with Gasteiger partial charge in [-0.2, -0.15) is 0 Å². The van der Waals surface area contributed by atoms with Gasteiger partial charge in [0.1, 0.15) is 5.78 Å². The SMILES string of the molecule is C.C.C.CC1(C)CCCCC1=O.[Sn]. The van der Waals surface area contributed by atoms with Crippen LogP contribution in [0.3, 0.4) is 0 Å². The molecular weight excluding hydrogens is 267 g/mol. The number of Topliss-reactive ketones (excluding diaryl/α,β-unsaturated/α-hetero) is 1. The van der Waals surface area contributed by atoms with Crippen LogP contribution in [0.15, 0.2) is 0 Å². The summed E-state index contributed by atoms with van der Waals surface area (Å²) in [6, 6.07) is 0. The summed E-state index contributed by atoms with van der Waals surface area (Å²) in [5.74, 6) is 0.453. The molecule has 13 heavy (non-hydrogen) atoms. The van der Waals surface area contributed by atoms with Crippen LogP contribution in [0.2, 0.25) is 0 Å². The van der Waals surface area contributed by atoms with Gasteiger partial charge in [-0.1, -0.05) is 42.5 Å². The fourth-order valence-corrected chi connectivity index (χ4v) is 1.33. The molecule has 0 unspecified atom stereocenters. The van der Waals surface area contributed by atoms with Crippen LogP contribution >= 0.6 is 0 Å². The molecule has 0 saturated heterocycles. The molecule has 0 amide bonds. The van der Waals surface area contributed by atoms with E-state index in [0.717, 1.165) is 19.3 Å². The van der Waals surface area contributed by atoms with E-state index in [0.29, 0.717) is 5.78 Å². The van der Waals surface area contributed by atoms with Crippen molar-refractivity contribution >= 4 is 29.7 Å². The molecule has 0 aromatic carbocycles. The van der Waals surface area contributed by atoms with Gasteiger partial charge in [0, 0.05) is 35.7 Å². The predicted octanol–water partition coefficient (Wildman–Crippen LogP) is 3.68. The van der Waals surface area contributed by atoms with Crippen LogP contribution < -0.4 is 0 Å². The van der Waals surface area contributed by atoms with Crippen molar-refractivity contribution in [1.29, 1.82) is 0 Å². The molecule has 1 aliphatic rings. The van der Waals surface area contributed by atoms with Crippen molar-refractivity contribution < 1.29 is 4.79 Å². The third-order valence-electron chi connectivity index (χ3n) is 2.21. The number of hydrogen-bond donors (Lipinski definition) is 0. The molecule has 0 aliphatic heterocycles. The molecule has 1 aliphatic carbocycles. The molecular formula is C11H26OSn. The van der Waals surface area contributed by atoms with Crippen molar-refractivity contribution in [3.63, 3.8) is 0 Å². The largest absolute Gasteiger partial charge is 0.299 e. The second-order valence-corrected chi connectivity index (χ2v) is 3.51. The van der Waals surface area contributed by atoms with E-state index in [1.807, 2.05) is 0 Å². The van der Waals surface area contributed by atoms with Gasteiger partial charge in [-0.15, -0.1) is 0 Å². The Morgan fingerprint density at radius 2 is 1.54 bits per heavy atom. The topological polar surface area (TPSA) is 17.1 Å². The maximum Gasteiger partial charge on any atom is 0.138 e. The van der Waals surface area contributed by atoms with Crippen LogP contribution in [0.5, 0.6) is 0 Å². The van der Waals surface area contributed by atoms with Crippen LogP contribution in [0, 0.1) is 5.41 Å². The van der Waals surface area contributed by atoms with Gasteiger partial charge < -0.3 is 0 Å². The van der Waals surface area contributed by atoms with Crippen molar-refractivity contribution in [2.75, 3.05) is 0 Å². The predicted molar refractivity (Wildman–Crippen MR) is 63.2 cm³/mol. The summed E-state index contributed by atoms with van der Waals surface area (Å²) in [7, 11) is 0. The van der Waals surface area contributed by atoms with Crippen molar-refractivity contribution in [2.45, 2.75) is 61.8 Å². The minimum atomic E-state index is -0.00174. The molecule has 4 radical (unpaired) electrons. The van der Waals surface area contributed by atoms with Crippen molar-refractivity contribution in [1.82, 2.24) is 0 Å². The molecule has 1 saturated carbocycles. The summed E-state index contributed by atoms with van der Waals surface area (Å²) >= 11 is 0. The zero-order chi connectivity index (χ0) is 6.91. The summed E-state index contributed by atoms with van der Waals surface area (Å²) in [6.07, 6.45) is 4.25. The minimum absolute atomic E-state index is 0. The third kappa shape index (κ3) is 6.53. The monoisotopic (exact) mass is 294 g/mol. The number of carbonyl (C=O) groups is 1. The van der Waals surface area contributed by atoms with Crippen molar-refractivity contribution in [2.24, 2.45) is 5.41 Å². The third-order valence-corrected chi connectivity index (χ3v) is 2.21. The van der Waals surface area contributed by atoms with Crippen LogP contribution in [-0.4, -0.2) is 29.7 Å². The Hall–Kier alpha value is 0.469. The van der Waals surface area contributed by atoms with E-state index in [-0.39, 0.29) is 51.6 Å². The number of carbonyl (C=O) groups excluding carboxylic acids is 1. The van der Waals surface area contributed by atoms with Gasteiger partial charge in [0.15, 0.2) is 0 Å². The quantitative estimate of drug-likeness (QED) is 0.623. The zero-order valence-electron chi connectivity index (χ0n) is 6.74. The Balaban J connectivity index is -0.000000101. The fourth-order valence-electron chi connectivity index (χ4n) is 1.33. The molecule has 1 fully saturated rings. The van der Waals surface area contributed by atoms with E-state index in [1.165, 1.54) is 6.42 Å². The Bertz CT molecular complexity index is 130. The molecule has 1 rings (SSSR count). The first-order chi connectivity index (χ1) is 4.13. The molecule has 0 N–H and O–H groups in total. The first kappa shape index (κ1) is 23.4. The van der Waals surface area contributed by atoms with E-state index in [9.17, 15) is 4.79 Å². The van der Waals surface area contributed by atoms with Crippen molar-refractivity contribution in [3.8, 4) is 0 Å². The fraction of sp³-hybridized carbons (Fsp3) is 0.909. The maximum absolute atomic E-state index is 11.1. The zero-order valence-corrected chi connectivity index (χ0v) is 9.59. The number of ketones is 1. The van der Waals surface area contributed by atoms with Gasteiger partial charge in [0.05, 0.1) is 0 Å². The second kappa shape index (κ2) is 9.04. The van der Waals surface area contributed by atoms with Gasteiger partial charge in [-0.3, -0.25) is 4.79 Å². The van der Waals surface area contributed by atoms with E-state index < -0.39 is 0 Å². The van der Waals surface area contributed by atoms with E-state index >= 15 is 0 Å². The summed E-state index contributed by atoms with van der Waals surface area (Å²) in [4.78, 5) is 11.1. The first-order valence-corrected chi connectivity index (χ1v) is 3.66. The average Bonchev–Trinajstić information content (AvgIpc) is 1.77. The molecule has 0 spiro atoms. The van der Waals surface area contributed by atoms with E-state index in [2.05, 4.69) is 13.8 Å². The van der Waals surface area contributed by atoms with Crippen LogP contribution in [0.4, 0.5) is 0 Å². The van der Waals surface area contributed by atoms with Gasteiger partial charge in [-0.05, 0) is 12.8 Å². The standard InChI is InChI=1S/C8H14O.3CH4.Sn/c1-8(2)6-4-3-5-7(8)9;;;;/h3-6H2,1-2H3;3*1H4;. The molecule has 1 nitrogen and oxygen atoms in total. The van der Waals surface area contributed by atoms with Crippen LogP contribution in [-0.2, 0) is 4.79 Å². The molecule has 0 aromatic heterocycles. The Morgan fingerprint density at radius 3 is 1.77 bits per heavy atom. The molecule has 0 aromatic rings. The van der Waals surface area contributed by atoms with E-state index in [4.69, 9.17) is 0 Å². The van der Waals surface area contributed by atoms with Crippen LogP contribution in [0.1, 0.15) is 61.8 Å². The summed E-state index contributed by atoms with van der Waals surface area (Å²) < 4.78 is 0. The smallest absolute Gasteiger partial charge is 0.138 e. The van der Waals surface area contributed by atoms with Gasteiger partial charge in [-0.25, -0.2) is 0 Å². The Kier molecular flexibility index (Phi) is 16.2. The van der Waals surface area contributed by atoms with Gasteiger partial charge in [0.25, 0.3) is 0 Å². The van der Waals surface area contributed by atoms with Gasteiger partial charge >= 0.3 is 0 Å². The maximum atomic E-state index is 11.1. The summed E-state index contributed by atoms with van der Waals surface area (Å²) in [6.45, 7) is 4.10. The number of hydrogen-bond acceptors (Lipinski definition) is 1. The van der Waals surface area contributed by atoms with Crippen LogP contribution in [0.25, 0.3) is 0 Å². The van der Waals surface area contributed by atoms with Gasteiger partial charge in [0.2, 0.25) is 0 Å². The number of rotatable bonds is 0. The normalized spacial score (nSPS) is 18.2. The molecule has 0 bridgehead atoms. The molecule has 0 atom stereocenters. The summed E-state index contributed by atoms with van der Waals surface area (Å²) in [5, 5.41) is 0.